The predicted molar refractivity (Wildman–Crippen MR) is 182 cm³/mol. The highest BCUT2D eigenvalue weighted by molar-refractivity contribution is 5.76. The SMILES string of the molecule is CCC(C)(C)C(=O)OC1CC2CC1C1C3CCC(C3)C21.CCC(C)(C)C(=O)OCC(O)CO.CCC(C)C(=O)OCc1ccccc1. The van der Waals surface area contributed by atoms with Gasteiger partial charge < -0.3 is 24.4 Å². The van der Waals surface area contributed by atoms with Gasteiger partial charge in [0.1, 0.15) is 25.4 Å². The second kappa shape index (κ2) is 17.3. The summed E-state index contributed by atoms with van der Waals surface area (Å²) in [7, 11) is 0. The highest BCUT2D eigenvalue weighted by Crippen LogP contribution is 2.67. The summed E-state index contributed by atoms with van der Waals surface area (Å²) in [6.07, 6.45) is 8.60. The molecule has 1 aromatic carbocycles. The monoisotopic (exact) mass is 658 g/mol. The number of carbonyl (C=O) groups excluding carboxylic acids is 3. The number of hydrogen-bond acceptors (Lipinski definition) is 8. The molecule has 1 aromatic rings. The van der Waals surface area contributed by atoms with Crippen LogP contribution in [0, 0.1) is 52.3 Å². The van der Waals surface area contributed by atoms with E-state index in [0.29, 0.717) is 18.9 Å². The molecule has 47 heavy (non-hydrogen) atoms. The summed E-state index contributed by atoms with van der Waals surface area (Å²) in [5.41, 5.74) is 0.203. The number of esters is 3. The highest BCUT2D eigenvalue weighted by atomic mass is 16.6. The van der Waals surface area contributed by atoms with Crippen LogP contribution in [0.2, 0.25) is 0 Å². The molecule has 8 nitrogen and oxygen atoms in total. The van der Waals surface area contributed by atoms with Crippen LogP contribution in [0.3, 0.4) is 0 Å². The Hall–Kier alpha value is -2.45. The molecule has 4 aliphatic rings. The van der Waals surface area contributed by atoms with E-state index in [1.54, 1.807) is 13.8 Å². The van der Waals surface area contributed by atoms with Crippen LogP contribution >= 0.6 is 0 Å². The maximum absolute atomic E-state index is 12.4. The number of carbonyl (C=O) groups is 3. The molecule has 0 saturated heterocycles. The molecule has 0 amide bonds. The van der Waals surface area contributed by atoms with E-state index in [-0.39, 0.29) is 48.6 Å². The largest absolute Gasteiger partial charge is 0.462 e. The molecule has 0 aromatic heterocycles. The lowest BCUT2D eigenvalue weighted by atomic mass is 9.70. The molecule has 4 saturated carbocycles. The average molecular weight is 659 g/mol. The zero-order chi connectivity index (χ0) is 34.9. The molecule has 4 bridgehead atoms. The normalized spacial score (nSPS) is 28.2. The van der Waals surface area contributed by atoms with Crippen molar-refractivity contribution in [3.05, 3.63) is 35.9 Å². The van der Waals surface area contributed by atoms with Gasteiger partial charge in [-0.25, -0.2) is 0 Å². The summed E-state index contributed by atoms with van der Waals surface area (Å²) in [6, 6.07) is 9.71. The minimum Gasteiger partial charge on any atom is -0.462 e. The summed E-state index contributed by atoms with van der Waals surface area (Å²) in [6.45, 7) is 15.3. The van der Waals surface area contributed by atoms with Gasteiger partial charge in [0.2, 0.25) is 0 Å². The van der Waals surface area contributed by atoms with Gasteiger partial charge in [-0.1, -0.05) is 58.0 Å². The molecule has 0 heterocycles. The number of rotatable bonds is 12. The third-order valence-electron chi connectivity index (χ3n) is 11.7. The molecule has 0 radical (unpaired) electrons. The van der Waals surface area contributed by atoms with Crippen molar-refractivity contribution in [3.8, 4) is 0 Å². The van der Waals surface area contributed by atoms with Crippen molar-refractivity contribution in [2.24, 2.45) is 52.3 Å². The standard InChI is InChI=1S/C18H28O2.C12H16O2.C9H18O4/c1-4-18(2,3)17(19)20-14-9-12-8-13(14)16-11-6-5-10(7-11)15(12)16;1-3-10(2)12(13)14-9-11-7-5-4-6-8-11;1-4-9(2,3)8(12)13-6-7(11)5-10/h10-16H,4-9H2,1-3H3;4-8,10H,3,9H2,1-2H3;7,10-11H,4-6H2,1-3H3. The molecule has 0 aliphatic heterocycles. The zero-order valence-electron chi connectivity index (χ0n) is 30.2. The maximum Gasteiger partial charge on any atom is 0.311 e. The van der Waals surface area contributed by atoms with Crippen LogP contribution in [0.15, 0.2) is 30.3 Å². The number of aliphatic hydroxyl groups is 2. The molecule has 266 valence electrons. The number of fused-ring (bicyclic) bond motifs is 9. The van der Waals surface area contributed by atoms with Gasteiger partial charge in [0.05, 0.1) is 23.4 Å². The Morgan fingerprint density at radius 2 is 1.43 bits per heavy atom. The van der Waals surface area contributed by atoms with Crippen molar-refractivity contribution in [2.75, 3.05) is 13.2 Å². The fraction of sp³-hybridized carbons (Fsp3) is 0.769. The molecule has 5 rings (SSSR count). The minimum absolute atomic E-state index is 0.00119. The molecule has 4 fully saturated rings. The molecular weight excluding hydrogens is 596 g/mol. The first-order valence-electron chi connectivity index (χ1n) is 18.1. The van der Waals surface area contributed by atoms with E-state index < -0.39 is 11.5 Å². The van der Waals surface area contributed by atoms with Crippen molar-refractivity contribution >= 4 is 17.9 Å². The van der Waals surface area contributed by atoms with Crippen molar-refractivity contribution in [3.63, 3.8) is 0 Å². The van der Waals surface area contributed by atoms with Gasteiger partial charge in [0.25, 0.3) is 0 Å². The zero-order valence-corrected chi connectivity index (χ0v) is 30.2. The van der Waals surface area contributed by atoms with E-state index in [0.717, 1.165) is 48.0 Å². The first kappa shape index (κ1) is 39.0. The fourth-order valence-corrected chi connectivity index (χ4v) is 7.68. The number of benzene rings is 1. The van der Waals surface area contributed by atoms with Crippen molar-refractivity contribution in [1.29, 1.82) is 0 Å². The minimum atomic E-state index is -0.975. The lowest BCUT2D eigenvalue weighted by Crippen LogP contribution is -2.39. The second-order valence-corrected chi connectivity index (χ2v) is 15.6. The quantitative estimate of drug-likeness (QED) is 0.138. The first-order chi connectivity index (χ1) is 22.2. The molecular formula is C39H62O8. The van der Waals surface area contributed by atoms with Gasteiger partial charge in [-0.05, 0) is 120 Å². The van der Waals surface area contributed by atoms with Gasteiger partial charge >= 0.3 is 17.9 Å². The van der Waals surface area contributed by atoms with E-state index in [1.165, 1.54) is 32.1 Å². The van der Waals surface area contributed by atoms with Crippen LogP contribution in [-0.2, 0) is 35.2 Å². The van der Waals surface area contributed by atoms with Crippen molar-refractivity contribution in [1.82, 2.24) is 0 Å². The Balaban J connectivity index is 0.000000200. The third-order valence-corrected chi connectivity index (χ3v) is 11.7. The lowest BCUT2D eigenvalue weighted by Gasteiger charge is -2.39. The molecule has 8 heteroatoms. The molecule has 9 atom stereocenters. The number of hydrogen-bond donors (Lipinski definition) is 2. The number of ether oxygens (including phenoxy) is 3. The van der Waals surface area contributed by atoms with E-state index in [9.17, 15) is 14.4 Å². The summed E-state index contributed by atoms with van der Waals surface area (Å²) in [5.74, 6) is 5.09. The van der Waals surface area contributed by atoms with Crippen LogP contribution in [0.25, 0.3) is 0 Å². The Labute approximate surface area is 283 Å². The molecule has 9 unspecified atom stereocenters. The van der Waals surface area contributed by atoms with Crippen molar-refractivity contribution < 1.29 is 38.8 Å². The Morgan fingerprint density at radius 3 is 2.00 bits per heavy atom. The van der Waals surface area contributed by atoms with Gasteiger partial charge in [-0.3, -0.25) is 14.4 Å². The van der Waals surface area contributed by atoms with Crippen molar-refractivity contribution in [2.45, 2.75) is 126 Å². The fourth-order valence-electron chi connectivity index (χ4n) is 7.68. The topological polar surface area (TPSA) is 119 Å². The Morgan fingerprint density at radius 1 is 0.830 bits per heavy atom. The van der Waals surface area contributed by atoms with Gasteiger partial charge in [-0.2, -0.15) is 0 Å². The summed E-state index contributed by atoms with van der Waals surface area (Å²) in [4.78, 5) is 35.0. The van der Waals surface area contributed by atoms with Gasteiger partial charge in [0, 0.05) is 0 Å². The smallest absolute Gasteiger partial charge is 0.311 e. The molecule has 0 spiro atoms. The second-order valence-electron chi connectivity index (χ2n) is 15.6. The summed E-state index contributed by atoms with van der Waals surface area (Å²) >= 11 is 0. The van der Waals surface area contributed by atoms with Crippen LogP contribution in [0.5, 0.6) is 0 Å². The van der Waals surface area contributed by atoms with E-state index in [1.807, 2.05) is 65.0 Å². The average Bonchev–Trinajstić information content (AvgIpc) is 3.88. The maximum atomic E-state index is 12.4. The molecule has 4 aliphatic carbocycles. The molecule has 2 N–H and O–H groups in total. The van der Waals surface area contributed by atoms with E-state index in [4.69, 9.17) is 24.4 Å². The third kappa shape index (κ3) is 10.0. The van der Waals surface area contributed by atoms with Gasteiger partial charge in [0.15, 0.2) is 0 Å². The first-order valence-corrected chi connectivity index (χ1v) is 18.1. The van der Waals surface area contributed by atoms with Gasteiger partial charge in [-0.15, -0.1) is 0 Å². The van der Waals surface area contributed by atoms with Crippen LogP contribution in [-0.4, -0.2) is 53.5 Å². The Kier molecular flexibility index (Phi) is 14.3. The van der Waals surface area contributed by atoms with Crippen LogP contribution < -0.4 is 0 Å². The van der Waals surface area contributed by atoms with Crippen LogP contribution in [0.1, 0.15) is 112 Å². The lowest BCUT2D eigenvalue weighted by molar-refractivity contribution is -0.164. The Bertz CT molecular complexity index is 1150. The van der Waals surface area contributed by atoms with E-state index >= 15 is 0 Å². The predicted octanol–water partition coefficient (Wildman–Crippen LogP) is 7.13. The van der Waals surface area contributed by atoms with E-state index in [2.05, 4.69) is 6.92 Å². The van der Waals surface area contributed by atoms with Crippen LogP contribution in [0.4, 0.5) is 0 Å². The summed E-state index contributed by atoms with van der Waals surface area (Å²) < 4.78 is 15.9. The highest BCUT2D eigenvalue weighted by Gasteiger charge is 2.63. The number of aliphatic hydroxyl groups excluding tert-OH is 2. The summed E-state index contributed by atoms with van der Waals surface area (Å²) in [5, 5.41) is 17.4.